The van der Waals surface area contributed by atoms with Gasteiger partial charge in [-0.1, -0.05) is 0 Å². The Bertz CT molecular complexity index is 412. The van der Waals surface area contributed by atoms with Crippen molar-refractivity contribution in [3.05, 3.63) is 34.3 Å². The molecule has 1 aromatic heterocycles. The largest absolute Gasteiger partial charge is 0.617 e. The molecule has 1 rings (SSSR count). The van der Waals surface area contributed by atoms with Crippen LogP contribution in [0.3, 0.4) is 0 Å². The lowest BCUT2D eigenvalue weighted by Crippen LogP contribution is -2.41. The number of carboxylic acid groups (broad SMARTS) is 2. The van der Waals surface area contributed by atoms with Crippen LogP contribution < -0.4 is 4.73 Å². The van der Waals surface area contributed by atoms with Crippen LogP contribution in [0.2, 0.25) is 0 Å². The molecular formula is C8H7NO5. The molecule has 1 aromatic rings. The van der Waals surface area contributed by atoms with Gasteiger partial charge in [-0.05, 0) is 13.0 Å². The molecule has 0 radical (unpaired) electrons. The van der Waals surface area contributed by atoms with Crippen molar-refractivity contribution in [2.45, 2.75) is 6.92 Å². The Balaban J connectivity index is 3.49. The summed E-state index contributed by atoms with van der Waals surface area (Å²) in [4.78, 5) is 21.1. The third-order valence-corrected chi connectivity index (χ3v) is 1.71. The van der Waals surface area contributed by atoms with Crippen LogP contribution in [-0.2, 0) is 0 Å². The van der Waals surface area contributed by atoms with Crippen molar-refractivity contribution in [2.24, 2.45) is 0 Å². The van der Waals surface area contributed by atoms with Gasteiger partial charge in [0, 0.05) is 11.6 Å². The van der Waals surface area contributed by atoms with Gasteiger partial charge in [0.1, 0.15) is 0 Å². The van der Waals surface area contributed by atoms with E-state index < -0.39 is 23.3 Å². The number of aryl methyl sites for hydroxylation is 1. The summed E-state index contributed by atoms with van der Waals surface area (Å²) in [5.41, 5.74) is -0.949. The van der Waals surface area contributed by atoms with E-state index in [9.17, 15) is 14.8 Å². The minimum absolute atomic E-state index is 0.0972. The minimum Gasteiger partial charge on any atom is -0.617 e. The van der Waals surface area contributed by atoms with Crippen LogP contribution in [0.4, 0.5) is 0 Å². The topological polar surface area (TPSA) is 102 Å². The highest BCUT2D eigenvalue weighted by atomic mass is 16.5. The van der Waals surface area contributed by atoms with Crippen LogP contribution in [0.15, 0.2) is 12.1 Å². The summed E-state index contributed by atoms with van der Waals surface area (Å²) in [6, 6.07) is 2.35. The summed E-state index contributed by atoms with van der Waals surface area (Å²) in [5.74, 6) is -2.90. The molecule has 1 heterocycles. The monoisotopic (exact) mass is 197 g/mol. The van der Waals surface area contributed by atoms with Crippen LogP contribution in [-0.4, -0.2) is 22.2 Å². The van der Waals surface area contributed by atoms with E-state index in [1.54, 1.807) is 0 Å². The maximum atomic E-state index is 11.2. The summed E-state index contributed by atoms with van der Waals surface area (Å²) in [5, 5.41) is 28.4. The Morgan fingerprint density at radius 2 is 1.86 bits per heavy atom. The molecular weight excluding hydrogens is 190 g/mol. The molecule has 0 fully saturated rings. The Morgan fingerprint density at radius 1 is 1.29 bits per heavy atom. The Labute approximate surface area is 78.6 Å². The number of hydrogen-bond acceptors (Lipinski definition) is 3. The Morgan fingerprint density at radius 3 is 2.29 bits per heavy atom. The molecule has 0 aliphatic carbocycles. The molecule has 0 aromatic carbocycles. The highest BCUT2D eigenvalue weighted by Gasteiger charge is 2.24. The third-order valence-electron chi connectivity index (χ3n) is 1.71. The van der Waals surface area contributed by atoms with E-state index in [0.717, 1.165) is 6.07 Å². The smallest absolute Gasteiger partial charge is 0.402 e. The zero-order valence-electron chi connectivity index (χ0n) is 7.22. The molecule has 0 saturated heterocycles. The van der Waals surface area contributed by atoms with Crippen molar-refractivity contribution >= 4 is 11.9 Å². The second kappa shape index (κ2) is 3.33. The van der Waals surface area contributed by atoms with Gasteiger partial charge in [0.05, 0.1) is 0 Å². The first-order valence-corrected chi connectivity index (χ1v) is 3.65. The number of carbonyl (C=O) groups is 2. The molecule has 6 heteroatoms. The molecule has 0 amide bonds. The standard InChI is InChI=1S/C8H7NO5/c1-4-2-3-5(7(10)11)9(14)6(4)8(12)13/h2-3H,1H3,(H,10,11)(H,12,13). The van der Waals surface area contributed by atoms with E-state index in [1.807, 2.05) is 0 Å². The molecule has 74 valence electrons. The van der Waals surface area contributed by atoms with Gasteiger partial charge in [-0.2, -0.15) is 4.73 Å². The number of nitrogens with zero attached hydrogens (tertiary/aromatic N) is 1. The molecule has 2 N–H and O–H groups in total. The van der Waals surface area contributed by atoms with Gasteiger partial charge in [0.25, 0.3) is 0 Å². The summed E-state index contributed by atoms with van der Waals surface area (Å²) >= 11 is 0. The van der Waals surface area contributed by atoms with Crippen LogP contribution >= 0.6 is 0 Å². The fraction of sp³-hybridized carbons (Fsp3) is 0.125. The molecule has 0 atom stereocenters. The van der Waals surface area contributed by atoms with Gasteiger partial charge in [-0.25, -0.2) is 9.59 Å². The second-order valence-corrected chi connectivity index (χ2v) is 2.65. The highest BCUT2D eigenvalue weighted by molar-refractivity contribution is 5.88. The molecule has 0 unspecified atom stereocenters. The normalized spacial score (nSPS) is 9.79. The summed E-state index contributed by atoms with van der Waals surface area (Å²) in [6.07, 6.45) is 0. The quantitative estimate of drug-likeness (QED) is 0.514. The molecule has 0 aliphatic heterocycles. The van der Waals surface area contributed by atoms with Gasteiger partial charge >= 0.3 is 23.3 Å². The van der Waals surface area contributed by atoms with E-state index in [0.29, 0.717) is 0 Å². The van der Waals surface area contributed by atoms with Crippen molar-refractivity contribution in [1.82, 2.24) is 0 Å². The predicted octanol–water partition coefficient (Wildman–Crippen LogP) is 0.0248. The van der Waals surface area contributed by atoms with Crippen molar-refractivity contribution in [1.29, 1.82) is 0 Å². The summed E-state index contributed by atoms with van der Waals surface area (Å²) < 4.78 is -0.0972. The highest BCUT2D eigenvalue weighted by Crippen LogP contribution is 2.04. The fourth-order valence-electron chi connectivity index (χ4n) is 1.04. The van der Waals surface area contributed by atoms with Crippen LogP contribution in [0.25, 0.3) is 0 Å². The van der Waals surface area contributed by atoms with Gasteiger partial charge in [0.15, 0.2) is 0 Å². The van der Waals surface area contributed by atoms with Crippen LogP contribution in [0.5, 0.6) is 0 Å². The van der Waals surface area contributed by atoms with E-state index in [-0.39, 0.29) is 10.3 Å². The lowest BCUT2D eigenvalue weighted by atomic mass is 10.2. The lowest BCUT2D eigenvalue weighted by Gasteiger charge is -2.05. The zero-order valence-corrected chi connectivity index (χ0v) is 7.22. The fourth-order valence-corrected chi connectivity index (χ4v) is 1.04. The zero-order chi connectivity index (χ0) is 10.9. The molecule has 0 aliphatic rings. The van der Waals surface area contributed by atoms with Gasteiger partial charge < -0.3 is 15.4 Å². The first-order valence-electron chi connectivity index (χ1n) is 3.65. The maximum absolute atomic E-state index is 11.2. The molecule has 6 nitrogen and oxygen atoms in total. The van der Waals surface area contributed by atoms with Crippen molar-refractivity contribution in [3.8, 4) is 0 Å². The molecule has 0 bridgehead atoms. The average Bonchev–Trinajstić information content (AvgIpc) is 2.02. The van der Waals surface area contributed by atoms with Crippen molar-refractivity contribution < 1.29 is 24.5 Å². The first-order chi connectivity index (χ1) is 6.45. The van der Waals surface area contributed by atoms with Crippen molar-refractivity contribution in [2.75, 3.05) is 0 Å². The van der Waals surface area contributed by atoms with E-state index >= 15 is 0 Å². The summed E-state index contributed by atoms with van der Waals surface area (Å²) in [7, 11) is 0. The van der Waals surface area contributed by atoms with Crippen molar-refractivity contribution in [3.63, 3.8) is 0 Å². The number of pyridine rings is 1. The Hall–Kier alpha value is -2.11. The SMILES string of the molecule is Cc1ccc(C(=O)O)[n+]([O-])c1C(=O)O. The molecule has 14 heavy (non-hydrogen) atoms. The third kappa shape index (κ3) is 1.49. The number of aromatic nitrogens is 1. The van der Waals surface area contributed by atoms with Gasteiger partial charge in [0.2, 0.25) is 0 Å². The number of rotatable bonds is 2. The van der Waals surface area contributed by atoms with Gasteiger partial charge in [-0.3, -0.25) is 0 Å². The van der Waals surface area contributed by atoms with Crippen LogP contribution in [0.1, 0.15) is 26.5 Å². The molecule has 0 saturated carbocycles. The number of carboxylic acids is 2. The first kappa shape index (κ1) is 9.97. The van der Waals surface area contributed by atoms with E-state index in [4.69, 9.17) is 10.2 Å². The number of hydrogen-bond donors (Lipinski definition) is 2. The predicted molar refractivity (Wildman–Crippen MR) is 44.1 cm³/mol. The van der Waals surface area contributed by atoms with Gasteiger partial charge in [-0.15, -0.1) is 0 Å². The Kier molecular flexibility index (Phi) is 2.37. The number of aromatic carboxylic acids is 2. The molecule has 0 spiro atoms. The van der Waals surface area contributed by atoms with Crippen LogP contribution in [0, 0.1) is 12.1 Å². The average molecular weight is 197 g/mol. The second-order valence-electron chi connectivity index (χ2n) is 2.65. The van der Waals surface area contributed by atoms with E-state index in [2.05, 4.69) is 0 Å². The lowest BCUT2D eigenvalue weighted by molar-refractivity contribution is -0.611. The summed E-state index contributed by atoms with van der Waals surface area (Å²) in [6.45, 7) is 1.42. The maximum Gasteiger partial charge on any atom is 0.402 e. The van der Waals surface area contributed by atoms with E-state index in [1.165, 1.54) is 13.0 Å². The minimum atomic E-state index is -1.46.